The minimum absolute atomic E-state index is 0.261. The van der Waals surface area contributed by atoms with Crippen molar-refractivity contribution in [2.75, 3.05) is 0 Å². The number of benzene rings is 1. The average molecular weight is 226 g/mol. The van der Waals surface area contributed by atoms with E-state index in [-0.39, 0.29) is 6.04 Å². The zero-order valence-corrected chi connectivity index (χ0v) is 8.69. The number of fused-ring (bicyclic) bond motifs is 1. The quantitative estimate of drug-likeness (QED) is 0.723. The highest BCUT2D eigenvalue weighted by Crippen LogP contribution is 2.33. The van der Waals surface area contributed by atoms with Crippen LogP contribution in [-0.2, 0) is 6.42 Å². The number of halogens is 1. The molecule has 1 aromatic rings. The summed E-state index contributed by atoms with van der Waals surface area (Å²) in [5, 5.41) is 0. The van der Waals surface area contributed by atoms with E-state index < -0.39 is 0 Å². The average Bonchev–Trinajstić information content (AvgIpc) is 2.35. The smallest absolute Gasteiger partial charge is 0.0301 e. The van der Waals surface area contributed by atoms with Crippen LogP contribution in [0.15, 0.2) is 16.6 Å². The molecular weight excluding hydrogens is 214 g/mol. The zero-order valence-electron chi connectivity index (χ0n) is 7.10. The van der Waals surface area contributed by atoms with Crippen LogP contribution in [0.2, 0.25) is 0 Å². The predicted molar refractivity (Wildman–Crippen MR) is 54.1 cm³/mol. The molecule has 1 nitrogen and oxygen atoms in total. The minimum Gasteiger partial charge on any atom is -0.324 e. The van der Waals surface area contributed by atoms with E-state index in [0.717, 1.165) is 12.8 Å². The molecule has 0 saturated heterocycles. The minimum atomic E-state index is 0.261. The summed E-state index contributed by atoms with van der Waals surface area (Å²) in [6.45, 7) is 2.12. The Balaban J connectivity index is 2.56. The van der Waals surface area contributed by atoms with E-state index in [9.17, 15) is 0 Å². The molecule has 2 rings (SSSR count). The van der Waals surface area contributed by atoms with E-state index in [1.54, 1.807) is 0 Å². The van der Waals surface area contributed by atoms with Gasteiger partial charge in [-0.2, -0.15) is 0 Å². The molecule has 1 atom stereocenters. The Labute approximate surface area is 81.1 Å². The lowest BCUT2D eigenvalue weighted by Crippen LogP contribution is -2.05. The van der Waals surface area contributed by atoms with Crippen molar-refractivity contribution < 1.29 is 0 Å². The van der Waals surface area contributed by atoms with Crippen LogP contribution >= 0.6 is 15.9 Å². The molecule has 0 saturated carbocycles. The zero-order chi connectivity index (χ0) is 8.72. The van der Waals surface area contributed by atoms with Gasteiger partial charge in [-0.05, 0) is 42.5 Å². The largest absolute Gasteiger partial charge is 0.324 e. The first-order valence-electron chi connectivity index (χ1n) is 4.23. The van der Waals surface area contributed by atoms with Crippen molar-refractivity contribution in [3.8, 4) is 0 Å². The van der Waals surface area contributed by atoms with Gasteiger partial charge in [-0.15, -0.1) is 0 Å². The summed E-state index contributed by atoms with van der Waals surface area (Å²) in [6, 6.07) is 4.67. The lowest BCUT2D eigenvalue weighted by Gasteiger charge is -2.06. The molecule has 1 aliphatic rings. The van der Waals surface area contributed by atoms with Crippen molar-refractivity contribution in [2.45, 2.75) is 25.8 Å². The van der Waals surface area contributed by atoms with E-state index in [4.69, 9.17) is 5.73 Å². The molecule has 0 amide bonds. The first kappa shape index (κ1) is 8.27. The standard InChI is InChI=1S/C10H12BrN/c1-6-4-7-2-3-10(12)8(7)5-9(6)11/h4-5,10H,2-3,12H2,1H3/t10-/m0/s1. The van der Waals surface area contributed by atoms with Crippen LogP contribution in [0.4, 0.5) is 0 Å². The second-order valence-corrected chi connectivity index (χ2v) is 4.30. The molecule has 0 radical (unpaired) electrons. The van der Waals surface area contributed by atoms with Crippen molar-refractivity contribution in [3.63, 3.8) is 0 Å². The Morgan fingerprint density at radius 3 is 3.00 bits per heavy atom. The Hall–Kier alpha value is -0.340. The van der Waals surface area contributed by atoms with E-state index in [1.807, 2.05) is 0 Å². The van der Waals surface area contributed by atoms with E-state index in [2.05, 4.69) is 35.0 Å². The van der Waals surface area contributed by atoms with Gasteiger partial charge in [-0.3, -0.25) is 0 Å². The first-order valence-corrected chi connectivity index (χ1v) is 5.02. The first-order chi connectivity index (χ1) is 5.68. The molecule has 0 fully saturated rings. The highest BCUT2D eigenvalue weighted by atomic mass is 79.9. The topological polar surface area (TPSA) is 26.0 Å². The maximum absolute atomic E-state index is 5.94. The van der Waals surface area contributed by atoms with Crippen LogP contribution in [0.3, 0.4) is 0 Å². The Morgan fingerprint density at radius 1 is 1.50 bits per heavy atom. The molecule has 0 heterocycles. The highest BCUT2D eigenvalue weighted by molar-refractivity contribution is 9.10. The van der Waals surface area contributed by atoms with Gasteiger partial charge in [-0.1, -0.05) is 22.0 Å². The van der Waals surface area contributed by atoms with Crippen molar-refractivity contribution in [2.24, 2.45) is 5.73 Å². The third-order valence-corrected chi connectivity index (χ3v) is 3.40. The number of aryl methyl sites for hydroxylation is 2. The fourth-order valence-electron chi connectivity index (χ4n) is 1.78. The SMILES string of the molecule is Cc1cc2c(cc1Br)[C@@H](N)CC2. The number of hydrogen-bond donors (Lipinski definition) is 1. The molecule has 1 aromatic carbocycles. The van der Waals surface area contributed by atoms with Gasteiger partial charge < -0.3 is 5.73 Å². The van der Waals surface area contributed by atoms with Gasteiger partial charge in [-0.25, -0.2) is 0 Å². The van der Waals surface area contributed by atoms with E-state index in [0.29, 0.717) is 0 Å². The van der Waals surface area contributed by atoms with Gasteiger partial charge in [0, 0.05) is 10.5 Å². The van der Waals surface area contributed by atoms with Crippen molar-refractivity contribution in [1.82, 2.24) is 0 Å². The molecule has 64 valence electrons. The summed E-state index contributed by atoms with van der Waals surface area (Å²) in [5.74, 6) is 0. The van der Waals surface area contributed by atoms with Gasteiger partial charge in [0.15, 0.2) is 0 Å². The molecule has 12 heavy (non-hydrogen) atoms. The lowest BCUT2D eigenvalue weighted by atomic mass is 10.1. The molecule has 0 aromatic heterocycles. The van der Waals surface area contributed by atoms with Gasteiger partial charge in [0.2, 0.25) is 0 Å². The molecule has 0 aliphatic heterocycles. The molecule has 1 aliphatic carbocycles. The van der Waals surface area contributed by atoms with Gasteiger partial charge in [0.25, 0.3) is 0 Å². The summed E-state index contributed by atoms with van der Waals surface area (Å²) in [5.41, 5.74) is 10.0. The van der Waals surface area contributed by atoms with Crippen LogP contribution < -0.4 is 5.73 Å². The fraction of sp³-hybridized carbons (Fsp3) is 0.400. The van der Waals surface area contributed by atoms with Gasteiger partial charge in [0.1, 0.15) is 0 Å². The van der Waals surface area contributed by atoms with Gasteiger partial charge >= 0.3 is 0 Å². The van der Waals surface area contributed by atoms with E-state index in [1.165, 1.54) is 21.2 Å². The summed E-state index contributed by atoms with van der Waals surface area (Å²) in [7, 11) is 0. The monoisotopic (exact) mass is 225 g/mol. The third-order valence-electron chi connectivity index (χ3n) is 2.54. The third kappa shape index (κ3) is 1.19. The second kappa shape index (κ2) is 2.86. The highest BCUT2D eigenvalue weighted by Gasteiger charge is 2.19. The summed E-state index contributed by atoms with van der Waals surface area (Å²) in [6.07, 6.45) is 2.25. The molecule has 2 N–H and O–H groups in total. The van der Waals surface area contributed by atoms with Crippen molar-refractivity contribution >= 4 is 15.9 Å². The Bertz CT molecular complexity index is 320. The molecule has 0 unspecified atom stereocenters. The van der Waals surface area contributed by atoms with Crippen molar-refractivity contribution in [1.29, 1.82) is 0 Å². The normalized spacial score (nSPS) is 21.1. The van der Waals surface area contributed by atoms with Crippen LogP contribution in [0.1, 0.15) is 29.2 Å². The van der Waals surface area contributed by atoms with Crippen LogP contribution in [-0.4, -0.2) is 0 Å². The maximum Gasteiger partial charge on any atom is 0.0301 e. The number of hydrogen-bond acceptors (Lipinski definition) is 1. The predicted octanol–water partition coefficient (Wildman–Crippen LogP) is 2.70. The Morgan fingerprint density at radius 2 is 2.25 bits per heavy atom. The lowest BCUT2D eigenvalue weighted by molar-refractivity contribution is 0.713. The van der Waals surface area contributed by atoms with Crippen LogP contribution in [0, 0.1) is 6.92 Å². The van der Waals surface area contributed by atoms with E-state index >= 15 is 0 Å². The second-order valence-electron chi connectivity index (χ2n) is 3.45. The Kier molecular flexibility index (Phi) is 1.97. The summed E-state index contributed by atoms with van der Waals surface area (Å²) in [4.78, 5) is 0. The van der Waals surface area contributed by atoms with Crippen LogP contribution in [0.25, 0.3) is 0 Å². The van der Waals surface area contributed by atoms with Crippen LogP contribution in [0.5, 0.6) is 0 Å². The molecule has 0 spiro atoms. The van der Waals surface area contributed by atoms with Crippen molar-refractivity contribution in [3.05, 3.63) is 33.3 Å². The fourth-order valence-corrected chi connectivity index (χ4v) is 2.15. The summed E-state index contributed by atoms with van der Waals surface area (Å²) >= 11 is 3.52. The maximum atomic E-state index is 5.94. The molecular formula is C10H12BrN. The molecule has 0 bridgehead atoms. The molecule has 2 heteroatoms. The number of rotatable bonds is 0. The van der Waals surface area contributed by atoms with Gasteiger partial charge in [0.05, 0.1) is 0 Å². The summed E-state index contributed by atoms with van der Waals surface area (Å²) < 4.78 is 1.18. The number of nitrogens with two attached hydrogens (primary N) is 1.